The lowest BCUT2D eigenvalue weighted by molar-refractivity contribution is -0.0326. The maximum absolute atomic E-state index is 7.99. The second-order valence-electron chi connectivity index (χ2n) is 12.5. The molecular weight excluding hydrogens is 490 g/mol. The molecular formula is C37H61NO2. The highest BCUT2D eigenvalue weighted by Gasteiger charge is 2.59. The second-order valence-corrected chi connectivity index (χ2v) is 12.5. The second kappa shape index (κ2) is 16.7. The molecule has 4 aliphatic carbocycles. The van der Waals surface area contributed by atoms with Crippen molar-refractivity contribution < 1.29 is 10.2 Å². The summed E-state index contributed by atoms with van der Waals surface area (Å²) in [5, 5.41) is 15.0. The molecule has 40 heavy (non-hydrogen) atoms. The van der Waals surface area contributed by atoms with Gasteiger partial charge in [-0.05, 0) is 129 Å². The quantitative estimate of drug-likeness (QED) is 0.320. The number of aliphatic hydroxyl groups is 2. The van der Waals surface area contributed by atoms with Crippen LogP contribution in [0.25, 0.3) is 12.2 Å². The number of aliphatic hydroxyl groups excluding tert-OH is 2. The lowest BCUT2D eigenvalue weighted by atomic mass is 9.50. The van der Waals surface area contributed by atoms with Gasteiger partial charge in [-0.2, -0.15) is 0 Å². The summed E-state index contributed by atoms with van der Waals surface area (Å²) in [6.07, 6.45) is 24.2. The molecule has 0 aromatic heterocycles. The summed E-state index contributed by atoms with van der Waals surface area (Å²) in [6.45, 7) is 16.4. The molecule has 3 nitrogen and oxygen atoms in total. The fourth-order valence-corrected chi connectivity index (χ4v) is 8.71. The van der Waals surface area contributed by atoms with Crippen molar-refractivity contribution in [3.8, 4) is 0 Å². The number of hydrogen-bond acceptors (Lipinski definition) is 3. The van der Waals surface area contributed by atoms with Crippen molar-refractivity contribution >= 4 is 12.2 Å². The molecule has 0 amide bonds. The van der Waals surface area contributed by atoms with Gasteiger partial charge in [0.2, 0.25) is 0 Å². The Kier molecular flexibility index (Phi) is 14.4. The Labute approximate surface area is 247 Å². The van der Waals surface area contributed by atoms with Gasteiger partial charge in [0.1, 0.15) is 0 Å². The molecule has 0 saturated heterocycles. The highest BCUT2D eigenvalue weighted by atomic mass is 16.3. The highest BCUT2D eigenvalue weighted by Crippen LogP contribution is 2.68. The lowest BCUT2D eigenvalue weighted by Gasteiger charge is -2.54. The zero-order valence-electron chi connectivity index (χ0n) is 26.7. The Bertz CT molecular complexity index is 963. The highest BCUT2D eigenvalue weighted by molar-refractivity contribution is 5.65. The first-order chi connectivity index (χ1) is 19.4. The van der Waals surface area contributed by atoms with E-state index < -0.39 is 0 Å². The van der Waals surface area contributed by atoms with Gasteiger partial charge in [-0.1, -0.05) is 88.8 Å². The van der Waals surface area contributed by atoms with Crippen LogP contribution < -0.4 is 5.73 Å². The predicted octanol–water partition coefficient (Wildman–Crippen LogP) is 9.15. The van der Waals surface area contributed by atoms with Gasteiger partial charge in [0.05, 0.1) is 0 Å². The van der Waals surface area contributed by atoms with E-state index in [9.17, 15) is 0 Å². The van der Waals surface area contributed by atoms with Crippen molar-refractivity contribution in [3.63, 3.8) is 0 Å². The summed E-state index contributed by atoms with van der Waals surface area (Å²) in [5.41, 5.74) is 11.9. The van der Waals surface area contributed by atoms with Gasteiger partial charge in [-0.25, -0.2) is 0 Å². The van der Waals surface area contributed by atoms with Crippen molar-refractivity contribution in [1.82, 2.24) is 0 Å². The van der Waals surface area contributed by atoms with Crippen LogP contribution in [0.3, 0.4) is 0 Å². The molecule has 0 radical (unpaired) electrons. The summed E-state index contributed by atoms with van der Waals surface area (Å²) < 4.78 is 0. The van der Waals surface area contributed by atoms with E-state index in [1.54, 1.807) is 5.56 Å². The van der Waals surface area contributed by atoms with Gasteiger partial charge in [-0.3, -0.25) is 0 Å². The first-order valence-corrected chi connectivity index (χ1v) is 16.3. The first-order valence-electron chi connectivity index (χ1n) is 16.3. The minimum atomic E-state index is 0.219. The van der Waals surface area contributed by atoms with E-state index in [4.69, 9.17) is 15.9 Å². The topological polar surface area (TPSA) is 66.5 Å². The van der Waals surface area contributed by atoms with Crippen molar-refractivity contribution in [2.24, 2.45) is 34.3 Å². The third-order valence-corrected chi connectivity index (χ3v) is 10.7. The van der Waals surface area contributed by atoms with Gasteiger partial charge < -0.3 is 15.9 Å². The monoisotopic (exact) mass is 551 g/mol. The van der Waals surface area contributed by atoms with Crippen LogP contribution in [0, 0.1) is 28.6 Å². The van der Waals surface area contributed by atoms with Gasteiger partial charge in [0.15, 0.2) is 0 Å². The number of benzene rings is 1. The Hall–Kier alpha value is -1.68. The average molecular weight is 552 g/mol. The van der Waals surface area contributed by atoms with Gasteiger partial charge >= 0.3 is 0 Å². The Morgan fingerprint density at radius 2 is 1.70 bits per heavy atom. The van der Waals surface area contributed by atoms with Gasteiger partial charge in [0, 0.05) is 13.7 Å². The summed E-state index contributed by atoms with van der Waals surface area (Å²) in [6, 6.07) is 7.22. The van der Waals surface area contributed by atoms with E-state index in [2.05, 4.69) is 63.8 Å². The number of rotatable bonds is 5. The predicted molar refractivity (Wildman–Crippen MR) is 175 cm³/mol. The summed E-state index contributed by atoms with van der Waals surface area (Å²) >= 11 is 0. The standard InChI is InChI=1S/C31H42.C3H9NO.C2H6.CH4O/c1-5-9-23-12-13-26(20-22(23)6-2)28-14-15-29-30(3)18-16-24-10-7-8-11-25(24)21-27(30)17-19-31(28,29)4;4-2-1-3-5;2*1-2/h5-6,9,12-13,20-21,24,27-29H,2,7-8,10-11,14-19H2,1,3-4H3;5H,1-4H2;1-2H3;2H,1H3/b9-5-;;;/t24?,27?,28?,29?,30-,31?;;;/m0.../s1. The summed E-state index contributed by atoms with van der Waals surface area (Å²) in [4.78, 5) is 0. The molecule has 226 valence electrons. The maximum Gasteiger partial charge on any atom is 0.0443 e. The third kappa shape index (κ3) is 7.39. The molecule has 3 fully saturated rings. The van der Waals surface area contributed by atoms with E-state index in [1.807, 2.05) is 25.5 Å². The van der Waals surface area contributed by atoms with Gasteiger partial charge in [0.25, 0.3) is 0 Å². The molecule has 0 aliphatic heterocycles. The lowest BCUT2D eigenvalue weighted by Crippen LogP contribution is -2.47. The molecule has 1 aromatic carbocycles. The molecule has 1 aromatic rings. The minimum absolute atomic E-state index is 0.219. The van der Waals surface area contributed by atoms with Crippen molar-refractivity contribution in [3.05, 3.63) is 59.2 Å². The molecule has 3 saturated carbocycles. The van der Waals surface area contributed by atoms with E-state index in [-0.39, 0.29) is 6.61 Å². The molecule has 3 heteroatoms. The number of fused-ring (bicyclic) bond motifs is 4. The third-order valence-electron chi connectivity index (χ3n) is 10.7. The number of hydrogen-bond donors (Lipinski definition) is 3. The molecule has 4 aliphatic rings. The Morgan fingerprint density at radius 1 is 0.975 bits per heavy atom. The smallest absolute Gasteiger partial charge is 0.0443 e. The Morgan fingerprint density at radius 3 is 2.33 bits per heavy atom. The van der Waals surface area contributed by atoms with Crippen LogP contribution in [0.5, 0.6) is 0 Å². The SMILES string of the molecule is C=Cc1cc(C2CCC3C2(C)CCC2C=C4CCCCC4CC[C@@]23C)ccc1/C=C\C.CC.CO.NCCCO. The van der Waals surface area contributed by atoms with Crippen LogP contribution in [0.2, 0.25) is 0 Å². The molecule has 0 bridgehead atoms. The van der Waals surface area contributed by atoms with E-state index >= 15 is 0 Å². The molecule has 4 N–H and O–H groups in total. The molecule has 0 spiro atoms. The van der Waals surface area contributed by atoms with Crippen LogP contribution in [0.4, 0.5) is 0 Å². The summed E-state index contributed by atoms with van der Waals surface area (Å²) in [7, 11) is 1.00. The van der Waals surface area contributed by atoms with E-state index in [0.717, 1.165) is 31.3 Å². The van der Waals surface area contributed by atoms with Crippen LogP contribution in [0.1, 0.15) is 128 Å². The average Bonchev–Trinajstić information content (AvgIpc) is 3.27. The molecule has 5 unspecified atom stereocenters. The summed E-state index contributed by atoms with van der Waals surface area (Å²) in [5.74, 6) is 3.30. The maximum atomic E-state index is 7.99. The largest absolute Gasteiger partial charge is 0.400 e. The molecule has 6 atom stereocenters. The fourth-order valence-electron chi connectivity index (χ4n) is 8.71. The van der Waals surface area contributed by atoms with Crippen molar-refractivity contribution in [2.45, 2.75) is 111 Å². The Balaban J connectivity index is 0.000000554. The van der Waals surface area contributed by atoms with Crippen LogP contribution in [-0.2, 0) is 0 Å². The molecule has 0 heterocycles. The number of allylic oxidation sites excluding steroid dienone is 3. The zero-order valence-corrected chi connectivity index (χ0v) is 26.7. The molecule has 5 rings (SSSR count). The van der Waals surface area contributed by atoms with Crippen molar-refractivity contribution in [1.29, 1.82) is 0 Å². The minimum Gasteiger partial charge on any atom is -0.400 e. The zero-order chi connectivity index (χ0) is 29.8. The van der Waals surface area contributed by atoms with E-state index in [1.165, 1.54) is 75.3 Å². The number of nitrogens with two attached hydrogens (primary N) is 1. The normalized spacial score (nSPS) is 32.3. The van der Waals surface area contributed by atoms with E-state index in [0.29, 0.717) is 23.3 Å². The van der Waals surface area contributed by atoms with Crippen LogP contribution in [-0.4, -0.2) is 30.5 Å². The van der Waals surface area contributed by atoms with Crippen LogP contribution >= 0.6 is 0 Å². The van der Waals surface area contributed by atoms with Crippen LogP contribution in [0.15, 0.2) is 42.5 Å². The van der Waals surface area contributed by atoms with Crippen molar-refractivity contribution in [2.75, 3.05) is 20.3 Å². The van der Waals surface area contributed by atoms with Gasteiger partial charge in [-0.15, -0.1) is 0 Å². The first kappa shape index (κ1) is 34.5. The fraction of sp³-hybridized carbons (Fsp3) is 0.676.